The van der Waals surface area contributed by atoms with E-state index in [2.05, 4.69) is 9.97 Å². The van der Waals surface area contributed by atoms with E-state index in [1.165, 1.54) is 0 Å². The Labute approximate surface area is 102 Å². The molecule has 0 atom stereocenters. The van der Waals surface area contributed by atoms with Gasteiger partial charge in [-0.25, -0.2) is 4.79 Å². The third kappa shape index (κ3) is 1.83. The summed E-state index contributed by atoms with van der Waals surface area (Å²) in [6, 6.07) is 11.3. The van der Waals surface area contributed by atoms with Crippen molar-refractivity contribution < 1.29 is 0 Å². The molecule has 3 aromatic rings. The number of nitrogens with one attached hydrogen (secondary N) is 2. The van der Waals surface area contributed by atoms with Crippen molar-refractivity contribution in [2.75, 3.05) is 0 Å². The molecule has 0 saturated heterocycles. The molecule has 86 valence electrons. The third-order valence-electron chi connectivity index (χ3n) is 2.61. The van der Waals surface area contributed by atoms with Gasteiger partial charge in [-0.3, -0.25) is 9.78 Å². The van der Waals surface area contributed by atoms with E-state index in [0.717, 1.165) is 10.8 Å². The molecular weight excluding hydrogens is 240 g/mol. The second-order valence-corrected chi connectivity index (χ2v) is 3.65. The fourth-order valence-corrected chi connectivity index (χ4v) is 1.86. The summed E-state index contributed by atoms with van der Waals surface area (Å²) in [7, 11) is 0. The minimum absolute atomic E-state index is 0. The van der Waals surface area contributed by atoms with E-state index in [9.17, 15) is 9.59 Å². The summed E-state index contributed by atoms with van der Waals surface area (Å²) in [6.45, 7) is 0. The van der Waals surface area contributed by atoms with Crippen LogP contribution in [0.1, 0.15) is 0 Å². The van der Waals surface area contributed by atoms with Gasteiger partial charge in [0.15, 0.2) is 0 Å². The average Bonchev–Trinajstić information content (AvgIpc) is 2.27. The smallest absolute Gasteiger partial charge is 0.307 e. The lowest BCUT2D eigenvalue weighted by Crippen LogP contribution is -2.21. The van der Waals surface area contributed by atoms with Crippen molar-refractivity contribution in [3.8, 4) is 0 Å². The van der Waals surface area contributed by atoms with Crippen LogP contribution in [-0.4, -0.2) is 9.97 Å². The van der Waals surface area contributed by atoms with Gasteiger partial charge in [-0.2, -0.15) is 0 Å². The van der Waals surface area contributed by atoms with E-state index in [0.29, 0.717) is 10.9 Å². The molecule has 0 fully saturated rings. The Morgan fingerprint density at radius 1 is 0.882 bits per heavy atom. The molecule has 0 unspecified atom stereocenters. The summed E-state index contributed by atoms with van der Waals surface area (Å²) >= 11 is 0. The molecule has 0 spiro atoms. The molecule has 1 aromatic heterocycles. The summed E-state index contributed by atoms with van der Waals surface area (Å²) < 4.78 is 0. The van der Waals surface area contributed by atoms with Crippen molar-refractivity contribution in [3.63, 3.8) is 0 Å². The molecule has 1 heterocycles. The lowest BCUT2D eigenvalue weighted by atomic mass is 10.1. The van der Waals surface area contributed by atoms with Crippen LogP contribution in [0, 0.1) is 0 Å². The van der Waals surface area contributed by atoms with Crippen LogP contribution in [0.3, 0.4) is 0 Å². The highest BCUT2D eigenvalue weighted by Crippen LogP contribution is 2.17. The molecule has 4 nitrogen and oxygen atoms in total. The maximum Gasteiger partial charge on any atom is 0.326 e. The number of hydrogen-bond donors (Lipinski definition) is 2. The van der Waals surface area contributed by atoms with E-state index in [1.807, 2.05) is 24.3 Å². The number of H-pyrrole nitrogens is 2. The molecule has 0 bridgehead atoms. The van der Waals surface area contributed by atoms with E-state index < -0.39 is 5.69 Å². The molecule has 0 saturated carbocycles. The number of fused-ring (bicyclic) bond motifs is 2. The zero-order chi connectivity index (χ0) is 11.1. The Morgan fingerprint density at radius 3 is 2.24 bits per heavy atom. The number of rotatable bonds is 0. The first-order valence-corrected chi connectivity index (χ1v) is 4.89. The molecule has 2 aromatic carbocycles. The topological polar surface area (TPSA) is 65.7 Å². The molecular formula is C12H9ClN2O2. The van der Waals surface area contributed by atoms with Gasteiger partial charge in [0.1, 0.15) is 0 Å². The predicted molar refractivity (Wildman–Crippen MR) is 69.9 cm³/mol. The van der Waals surface area contributed by atoms with E-state index in [4.69, 9.17) is 0 Å². The average molecular weight is 249 g/mol. The highest BCUT2D eigenvalue weighted by molar-refractivity contribution is 5.95. The van der Waals surface area contributed by atoms with Crippen LogP contribution in [0.2, 0.25) is 0 Å². The summed E-state index contributed by atoms with van der Waals surface area (Å²) in [4.78, 5) is 27.5. The number of aromatic amines is 2. The lowest BCUT2D eigenvalue weighted by Gasteiger charge is -2.00. The summed E-state index contributed by atoms with van der Waals surface area (Å²) in [5.41, 5.74) is -0.273. The van der Waals surface area contributed by atoms with Crippen LogP contribution in [0.5, 0.6) is 0 Å². The molecule has 0 aliphatic heterocycles. The molecule has 0 aliphatic rings. The monoisotopic (exact) mass is 248 g/mol. The van der Waals surface area contributed by atoms with Gasteiger partial charge in [0.25, 0.3) is 5.56 Å². The Bertz CT molecular complexity index is 805. The van der Waals surface area contributed by atoms with Crippen molar-refractivity contribution in [2.24, 2.45) is 0 Å². The van der Waals surface area contributed by atoms with Gasteiger partial charge in [-0.15, -0.1) is 12.4 Å². The van der Waals surface area contributed by atoms with Gasteiger partial charge in [-0.05, 0) is 22.9 Å². The van der Waals surface area contributed by atoms with Crippen LogP contribution in [0.4, 0.5) is 0 Å². The number of hydrogen-bond acceptors (Lipinski definition) is 2. The molecule has 0 aliphatic carbocycles. The van der Waals surface area contributed by atoms with Crippen LogP contribution in [0.25, 0.3) is 21.7 Å². The molecule has 2 N–H and O–H groups in total. The van der Waals surface area contributed by atoms with Crippen LogP contribution in [-0.2, 0) is 0 Å². The third-order valence-corrected chi connectivity index (χ3v) is 2.61. The standard InChI is InChI=1S/C12H8N2O2.ClH/c15-11-9-5-7-3-1-2-4-8(7)6-10(9)13-12(16)14-11;/h1-6H,(H2,13,14,15,16);1H. The molecule has 17 heavy (non-hydrogen) atoms. The molecule has 0 amide bonds. The van der Waals surface area contributed by atoms with Gasteiger partial charge in [0, 0.05) is 0 Å². The van der Waals surface area contributed by atoms with Gasteiger partial charge >= 0.3 is 5.69 Å². The van der Waals surface area contributed by atoms with Gasteiger partial charge < -0.3 is 4.98 Å². The summed E-state index contributed by atoms with van der Waals surface area (Å²) in [6.07, 6.45) is 0. The largest absolute Gasteiger partial charge is 0.326 e. The quantitative estimate of drug-likeness (QED) is 0.596. The first-order valence-electron chi connectivity index (χ1n) is 4.89. The van der Waals surface area contributed by atoms with E-state index >= 15 is 0 Å². The highest BCUT2D eigenvalue weighted by atomic mass is 35.5. The lowest BCUT2D eigenvalue weighted by molar-refractivity contribution is 1.08. The zero-order valence-electron chi connectivity index (χ0n) is 8.69. The fourth-order valence-electron chi connectivity index (χ4n) is 1.86. The van der Waals surface area contributed by atoms with Crippen LogP contribution < -0.4 is 11.2 Å². The zero-order valence-corrected chi connectivity index (χ0v) is 9.51. The first-order chi connectivity index (χ1) is 7.74. The Hall–Kier alpha value is -2.07. The highest BCUT2D eigenvalue weighted by Gasteiger charge is 2.02. The molecule has 5 heteroatoms. The minimum atomic E-state index is -0.479. The SMILES string of the molecule is Cl.O=c1[nH]c(=O)c2cc3ccccc3cc2[nH]1. The van der Waals surface area contributed by atoms with Gasteiger partial charge in [-0.1, -0.05) is 24.3 Å². The maximum atomic E-state index is 11.6. The summed E-state index contributed by atoms with van der Waals surface area (Å²) in [5.74, 6) is 0. The Balaban J connectivity index is 0.00000108. The number of aromatic nitrogens is 2. The Kier molecular flexibility index (Phi) is 2.73. The van der Waals surface area contributed by atoms with Crippen molar-refractivity contribution in [1.82, 2.24) is 9.97 Å². The fraction of sp³-hybridized carbons (Fsp3) is 0. The van der Waals surface area contributed by atoms with E-state index in [1.54, 1.807) is 12.1 Å². The van der Waals surface area contributed by atoms with Crippen LogP contribution >= 0.6 is 12.4 Å². The maximum absolute atomic E-state index is 11.6. The first kappa shape index (κ1) is 11.4. The number of benzene rings is 2. The van der Waals surface area contributed by atoms with Crippen molar-refractivity contribution >= 4 is 34.1 Å². The second kappa shape index (κ2) is 4.07. The van der Waals surface area contributed by atoms with Crippen molar-refractivity contribution in [1.29, 1.82) is 0 Å². The van der Waals surface area contributed by atoms with Crippen molar-refractivity contribution in [3.05, 3.63) is 57.2 Å². The van der Waals surface area contributed by atoms with E-state index in [-0.39, 0.29) is 18.0 Å². The van der Waals surface area contributed by atoms with Gasteiger partial charge in [0.2, 0.25) is 0 Å². The summed E-state index contributed by atoms with van der Waals surface area (Å²) in [5, 5.41) is 2.47. The predicted octanol–water partition coefficient (Wildman–Crippen LogP) is 1.79. The number of halogens is 1. The second-order valence-electron chi connectivity index (χ2n) is 3.65. The molecule has 3 rings (SSSR count). The molecule has 0 radical (unpaired) electrons. The van der Waals surface area contributed by atoms with Crippen LogP contribution in [0.15, 0.2) is 46.0 Å². The Morgan fingerprint density at radius 2 is 1.53 bits per heavy atom. The van der Waals surface area contributed by atoms with Crippen molar-refractivity contribution in [2.45, 2.75) is 0 Å². The minimum Gasteiger partial charge on any atom is -0.307 e. The normalized spacial score (nSPS) is 10.4. The van der Waals surface area contributed by atoms with Gasteiger partial charge in [0.05, 0.1) is 10.9 Å².